The highest BCUT2D eigenvalue weighted by Crippen LogP contribution is 2.46. The van der Waals surface area contributed by atoms with E-state index in [0.717, 1.165) is 5.46 Å². The third-order valence-corrected chi connectivity index (χ3v) is 5.62. The minimum absolute atomic E-state index is 0.478. The normalized spacial score (nSPS) is 13.2. The molecular formula is C22H23BO2. The van der Waals surface area contributed by atoms with Crippen molar-refractivity contribution >= 4 is 23.7 Å². The Bertz CT molecular complexity index is 967. The van der Waals surface area contributed by atoms with Crippen LogP contribution < -0.4 is 5.46 Å². The van der Waals surface area contributed by atoms with Crippen LogP contribution in [0.1, 0.15) is 27.7 Å². The van der Waals surface area contributed by atoms with Gasteiger partial charge in [-0.15, -0.1) is 0 Å². The summed E-state index contributed by atoms with van der Waals surface area (Å²) in [5, 5.41) is 12.9. The van der Waals surface area contributed by atoms with Crippen molar-refractivity contribution in [2.24, 2.45) is 0 Å². The van der Waals surface area contributed by atoms with Gasteiger partial charge in [0, 0.05) is 0 Å². The van der Waals surface area contributed by atoms with Gasteiger partial charge in [-0.05, 0) is 60.7 Å². The third-order valence-electron chi connectivity index (χ3n) is 5.62. The van der Waals surface area contributed by atoms with Crippen LogP contribution in [0.5, 0.6) is 0 Å². The van der Waals surface area contributed by atoms with E-state index in [1.54, 1.807) is 13.8 Å². The predicted molar refractivity (Wildman–Crippen MR) is 107 cm³/mol. The Hall–Kier alpha value is -2.10. The maximum Gasteiger partial charge on any atom is 0.309 e. The summed E-state index contributed by atoms with van der Waals surface area (Å²) in [6.07, 6.45) is 0. The molecule has 4 rings (SSSR count). The molecule has 0 unspecified atom stereocenters. The number of hydrogen-bond donors (Lipinski definition) is 1. The van der Waals surface area contributed by atoms with Gasteiger partial charge in [-0.3, -0.25) is 0 Å². The molecule has 0 atom stereocenters. The van der Waals surface area contributed by atoms with Crippen LogP contribution in [-0.4, -0.2) is 23.8 Å². The van der Waals surface area contributed by atoms with Gasteiger partial charge in [0.1, 0.15) is 0 Å². The minimum atomic E-state index is -0.902. The number of rotatable bonds is 4. The molecule has 0 bridgehead atoms. The summed E-state index contributed by atoms with van der Waals surface area (Å²) < 4.78 is 6.08. The molecule has 3 aromatic carbocycles. The van der Waals surface area contributed by atoms with Crippen molar-refractivity contribution in [2.75, 3.05) is 0 Å². The molecule has 0 fully saturated rings. The van der Waals surface area contributed by atoms with E-state index in [2.05, 4.69) is 54.6 Å². The van der Waals surface area contributed by atoms with E-state index in [4.69, 9.17) is 4.65 Å². The second kappa shape index (κ2) is 5.45. The second-order valence-electron chi connectivity index (χ2n) is 7.95. The van der Waals surface area contributed by atoms with E-state index < -0.39 is 11.2 Å². The number of hydrogen-bond acceptors (Lipinski definition) is 2. The first-order valence-electron chi connectivity index (χ1n) is 8.80. The van der Waals surface area contributed by atoms with Crippen LogP contribution in [0, 0.1) is 0 Å². The summed E-state index contributed by atoms with van der Waals surface area (Å²) in [4.78, 5) is 0. The first-order valence-corrected chi connectivity index (χ1v) is 8.80. The van der Waals surface area contributed by atoms with Crippen molar-refractivity contribution in [1.29, 1.82) is 0 Å². The quantitative estimate of drug-likeness (QED) is 0.573. The average Bonchev–Trinajstić information content (AvgIpc) is 2.89. The van der Waals surface area contributed by atoms with Crippen LogP contribution in [0.3, 0.4) is 0 Å². The van der Waals surface area contributed by atoms with Crippen molar-refractivity contribution in [3.8, 4) is 22.3 Å². The van der Waals surface area contributed by atoms with Gasteiger partial charge in [0.05, 0.1) is 11.2 Å². The Morgan fingerprint density at radius 1 is 0.800 bits per heavy atom. The van der Waals surface area contributed by atoms with Gasteiger partial charge < -0.3 is 9.76 Å². The van der Waals surface area contributed by atoms with Crippen molar-refractivity contribution < 1.29 is 9.76 Å². The Morgan fingerprint density at radius 3 is 2.12 bits per heavy atom. The Labute approximate surface area is 149 Å². The van der Waals surface area contributed by atoms with Gasteiger partial charge in [0.15, 0.2) is 0 Å². The van der Waals surface area contributed by atoms with Crippen molar-refractivity contribution in [1.82, 2.24) is 0 Å². The summed E-state index contributed by atoms with van der Waals surface area (Å²) >= 11 is 0. The predicted octanol–water partition coefficient (Wildman–Crippen LogP) is 4.03. The molecular weight excluding hydrogens is 307 g/mol. The highest BCUT2D eigenvalue weighted by atomic mass is 16.5. The number of benzene rings is 3. The Morgan fingerprint density at radius 2 is 1.44 bits per heavy atom. The summed E-state index contributed by atoms with van der Waals surface area (Å²) in [5.41, 5.74) is 4.79. The molecule has 0 saturated heterocycles. The fourth-order valence-corrected chi connectivity index (χ4v) is 3.40. The summed E-state index contributed by atoms with van der Waals surface area (Å²) in [7, 11) is 0.478. The summed E-state index contributed by atoms with van der Waals surface area (Å²) in [5.74, 6) is 0. The van der Waals surface area contributed by atoms with Crippen LogP contribution in [0.25, 0.3) is 33.0 Å². The van der Waals surface area contributed by atoms with Crippen molar-refractivity contribution in [3.05, 3.63) is 54.6 Å². The maximum atomic E-state index is 10.3. The molecule has 1 N–H and O–H groups in total. The fraction of sp³-hybridized carbons (Fsp3) is 0.273. The lowest BCUT2D eigenvalue weighted by atomic mass is 9.81. The van der Waals surface area contributed by atoms with Gasteiger partial charge in [-0.2, -0.15) is 0 Å². The SMILES string of the molecule is CC(C)(O)C(C)(C)OBc1cc2c3c(cccc3c1)-c1ccccc1-2. The standard InChI is InChI=1S/C22H23BO2/c1-21(2,24)22(3,4)25-23-15-12-14-8-7-11-18-16-9-5-6-10-17(16)19(13-15)20(14)18/h5-13,23-24H,1-4H3. The number of fused-ring (bicyclic) bond motifs is 3. The van der Waals surface area contributed by atoms with Crippen molar-refractivity contribution in [3.63, 3.8) is 0 Å². The summed E-state index contributed by atoms with van der Waals surface area (Å²) in [6.45, 7) is 7.44. The smallest absolute Gasteiger partial charge is 0.309 e. The van der Waals surface area contributed by atoms with E-state index in [1.807, 2.05) is 13.8 Å². The first-order chi connectivity index (χ1) is 11.8. The van der Waals surface area contributed by atoms with Crippen LogP contribution in [-0.2, 0) is 4.65 Å². The zero-order valence-electron chi connectivity index (χ0n) is 15.3. The zero-order chi connectivity index (χ0) is 17.8. The van der Waals surface area contributed by atoms with Gasteiger partial charge in [0.2, 0.25) is 0 Å². The lowest BCUT2D eigenvalue weighted by molar-refractivity contribution is -0.0893. The average molecular weight is 330 g/mol. The highest BCUT2D eigenvalue weighted by Gasteiger charge is 2.35. The molecule has 3 aromatic rings. The molecule has 0 heterocycles. The molecule has 3 heteroatoms. The lowest BCUT2D eigenvalue weighted by Gasteiger charge is -2.37. The molecule has 0 aromatic heterocycles. The lowest BCUT2D eigenvalue weighted by Crippen LogP contribution is -2.49. The fourth-order valence-electron chi connectivity index (χ4n) is 3.40. The van der Waals surface area contributed by atoms with Crippen LogP contribution in [0.15, 0.2) is 54.6 Å². The van der Waals surface area contributed by atoms with E-state index in [-0.39, 0.29) is 0 Å². The molecule has 126 valence electrons. The zero-order valence-corrected chi connectivity index (χ0v) is 15.3. The van der Waals surface area contributed by atoms with Gasteiger partial charge in [-0.1, -0.05) is 60.1 Å². The Balaban J connectivity index is 1.77. The second-order valence-corrected chi connectivity index (χ2v) is 7.95. The Kier molecular flexibility index (Phi) is 3.57. The van der Waals surface area contributed by atoms with E-state index in [1.165, 1.54) is 33.0 Å². The molecule has 2 nitrogen and oxygen atoms in total. The van der Waals surface area contributed by atoms with Gasteiger partial charge >= 0.3 is 7.48 Å². The van der Waals surface area contributed by atoms with Crippen molar-refractivity contribution in [2.45, 2.75) is 38.9 Å². The summed E-state index contributed by atoms with van der Waals surface area (Å²) in [6, 6.07) is 19.5. The van der Waals surface area contributed by atoms with Crippen LogP contribution in [0.4, 0.5) is 0 Å². The first kappa shape index (κ1) is 16.4. The van der Waals surface area contributed by atoms with Crippen LogP contribution >= 0.6 is 0 Å². The van der Waals surface area contributed by atoms with E-state index >= 15 is 0 Å². The molecule has 1 aliphatic rings. The third kappa shape index (κ3) is 2.59. The topological polar surface area (TPSA) is 29.5 Å². The minimum Gasteiger partial charge on any atom is -0.427 e. The molecule has 0 spiro atoms. The van der Waals surface area contributed by atoms with E-state index in [9.17, 15) is 5.11 Å². The molecule has 0 amide bonds. The maximum absolute atomic E-state index is 10.3. The molecule has 25 heavy (non-hydrogen) atoms. The van der Waals surface area contributed by atoms with Gasteiger partial charge in [-0.25, -0.2) is 0 Å². The molecule has 0 aliphatic heterocycles. The molecule has 0 saturated carbocycles. The highest BCUT2D eigenvalue weighted by molar-refractivity contribution is 6.48. The van der Waals surface area contributed by atoms with E-state index in [0.29, 0.717) is 7.48 Å². The molecule has 0 radical (unpaired) electrons. The monoisotopic (exact) mass is 330 g/mol. The van der Waals surface area contributed by atoms with Crippen LogP contribution in [0.2, 0.25) is 0 Å². The number of aliphatic hydroxyl groups is 1. The molecule has 1 aliphatic carbocycles. The largest absolute Gasteiger partial charge is 0.427 e. The van der Waals surface area contributed by atoms with Gasteiger partial charge in [0.25, 0.3) is 0 Å².